The van der Waals surface area contributed by atoms with Gasteiger partial charge in [-0.1, -0.05) is 18.2 Å². The topological polar surface area (TPSA) is 56.7 Å². The van der Waals surface area contributed by atoms with Crippen molar-refractivity contribution in [2.75, 3.05) is 6.54 Å². The van der Waals surface area contributed by atoms with E-state index in [0.29, 0.717) is 6.54 Å². The fourth-order valence-electron chi connectivity index (χ4n) is 2.30. The maximum Gasteiger partial charge on any atom is 0.141 e. The van der Waals surface area contributed by atoms with Crippen molar-refractivity contribution in [3.8, 4) is 5.82 Å². The molecule has 4 nitrogen and oxygen atoms in total. The zero-order valence-electron chi connectivity index (χ0n) is 10.9. The number of nitrogens with zero attached hydrogens (tertiary/aromatic N) is 3. The summed E-state index contributed by atoms with van der Waals surface area (Å²) < 4.78 is 2.02. The largest absolute Gasteiger partial charge is 0.330 e. The van der Waals surface area contributed by atoms with Gasteiger partial charge in [-0.25, -0.2) is 9.97 Å². The minimum atomic E-state index is 0.587. The summed E-state index contributed by atoms with van der Waals surface area (Å²) in [6.45, 7) is 2.66. The third-order valence-electron chi connectivity index (χ3n) is 3.20. The number of nitrogens with two attached hydrogens (primary N) is 1. The molecule has 0 aliphatic rings. The highest BCUT2D eigenvalue weighted by Gasteiger charge is 2.09. The first-order valence-corrected chi connectivity index (χ1v) is 6.38. The molecular weight excluding hydrogens is 236 g/mol. The van der Waals surface area contributed by atoms with Crippen LogP contribution in [0.4, 0.5) is 0 Å². The third-order valence-corrected chi connectivity index (χ3v) is 3.20. The van der Waals surface area contributed by atoms with Crippen LogP contribution in [0.3, 0.4) is 0 Å². The minimum absolute atomic E-state index is 0.587. The zero-order valence-corrected chi connectivity index (χ0v) is 10.9. The molecule has 0 bridgehead atoms. The van der Waals surface area contributed by atoms with Crippen molar-refractivity contribution in [1.82, 2.24) is 14.5 Å². The quantitative estimate of drug-likeness (QED) is 0.777. The Bertz CT molecular complexity index is 715. The molecule has 0 aliphatic carbocycles. The van der Waals surface area contributed by atoms with Gasteiger partial charge in [0.25, 0.3) is 0 Å². The average Bonchev–Trinajstić information content (AvgIpc) is 2.86. The second-order valence-electron chi connectivity index (χ2n) is 4.57. The Kier molecular flexibility index (Phi) is 3.01. The van der Waals surface area contributed by atoms with Crippen LogP contribution in [0.1, 0.15) is 11.4 Å². The molecule has 2 heterocycles. The highest BCUT2D eigenvalue weighted by atomic mass is 15.1. The summed E-state index contributed by atoms with van der Waals surface area (Å²) in [5.41, 5.74) is 7.75. The van der Waals surface area contributed by atoms with Gasteiger partial charge < -0.3 is 5.73 Å². The first-order valence-electron chi connectivity index (χ1n) is 6.38. The number of aryl methyl sites for hydroxylation is 1. The highest BCUT2D eigenvalue weighted by Crippen LogP contribution is 2.20. The maximum absolute atomic E-state index is 5.62. The van der Waals surface area contributed by atoms with Gasteiger partial charge in [0.05, 0.1) is 5.52 Å². The Balaban J connectivity index is 2.18. The van der Waals surface area contributed by atoms with Crippen molar-refractivity contribution in [3.63, 3.8) is 0 Å². The molecule has 4 heteroatoms. The molecule has 96 valence electrons. The Hall–Kier alpha value is -2.20. The highest BCUT2D eigenvalue weighted by molar-refractivity contribution is 5.80. The van der Waals surface area contributed by atoms with Gasteiger partial charge in [-0.2, -0.15) is 0 Å². The van der Waals surface area contributed by atoms with E-state index >= 15 is 0 Å². The molecule has 0 amide bonds. The number of rotatable bonds is 3. The molecule has 0 atom stereocenters. The number of imidazole rings is 1. The third kappa shape index (κ3) is 2.11. The summed E-state index contributed by atoms with van der Waals surface area (Å²) >= 11 is 0. The first-order chi connectivity index (χ1) is 9.29. The van der Waals surface area contributed by atoms with Crippen LogP contribution in [-0.4, -0.2) is 21.1 Å². The van der Waals surface area contributed by atoms with Crippen LogP contribution in [-0.2, 0) is 6.42 Å². The molecule has 19 heavy (non-hydrogen) atoms. The molecule has 3 aromatic rings. The maximum atomic E-state index is 5.62. The van der Waals surface area contributed by atoms with Crippen LogP contribution in [0.5, 0.6) is 0 Å². The fourth-order valence-corrected chi connectivity index (χ4v) is 2.30. The molecule has 0 saturated heterocycles. The molecule has 0 radical (unpaired) electrons. The summed E-state index contributed by atoms with van der Waals surface area (Å²) in [4.78, 5) is 9.09. The lowest BCUT2D eigenvalue weighted by Gasteiger charge is -2.10. The predicted molar refractivity (Wildman–Crippen MR) is 76.4 cm³/mol. The van der Waals surface area contributed by atoms with E-state index in [0.717, 1.165) is 34.5 Å². The molecule has 1 aromatic carbocycles. The van der Waals surface area contributed by atoms with Crippen LogP contribution in [0.15, 0.2) is 42.7 Å². The fraction of sp³-hybridized carbons (Fsp3) is 0.200. The summed E-state index contributed by atoms with van der Waals surface area (Å²) in [5.74, 6) is 1.88. The number of para-hydroxylation sites is 1. The Labute approximate surface area is 111 Å². The Morgan fingerprint density at radius 1 is 1.26 bits per heavy atom. The van der Waals surface area contributed by atoms with Crippen molar-refractivity contribution in [1.29, 1.82) is 0 Å². The normalized spacial score (nSPS) is 11.1. The van der Waals surface area contributed by atoms with Gasteiger partial charge in [0.1, 0.15) is 11.6 Å². The molecule has 0 spiro atoms. The summed E-state index contributed by atoms with van der Waals surface area (Å²) in [6.07, 6.45) is 4.48. The van der Waals surface area contributed by atoms with Crippen LogP contribution in [0.2, 0.25) is 0 Å². The van der Waals surface area contributed by atoms with Gasteiger partial charge >= 0.3 is 0 Å². The number of fused-ring (bicyclic) bond motifs is 1. The lowest BCUT2D eigenvalue weighted by Crippen LogP contribution is -2.10. The molecule has 0 unspecified atom stereocenters. The van der Waals surface area contributed by atoms with Crippen molar-refractivity contribution < 1.29 is 0 Å². The van der Waals surface area contributed by atoms with Crippen LogP contribution in [0.25, 0.3) is 16.7 Å². The van der Waals surface area contributed by atoms with E-state index in [9.17, 15) is 0 Å². The summed E-state index contributed by atoms with van der Waals surface area (Å²) in [5, 5.41) is 1.16. The lowest BCUT2D eigenvalue weighted by atomic mass is 10.1. The summed E-state index contributed by atoms with van der Waals surface area (Å²) in [7, 11) is 0. The van der Waals surface area contributed by atoms with Gasteiger partial charge in [0, 0.05) is 24.2 Å². The standard InChI is InChI=1S/C15H16N4/c1-11-10-12-4-2-3-5-13(12)18-15(11)19-9-8-17-14(19)6-7-16/h2-5,8-10H,6-7,16H2,1H3. The average molecular weight is 252 g/mol. The van der Waals surface area contributed by atoms with Gasteiger partial charge in [-0.15, -0.1) is 0 Å². The van der Waals surface area contributed by atoms with Crippen molar-refractivity contribution in [2.45, 2.75) is 13.3 Å². The van der Waals surface area contributed by atoms with Gasteiger partial charge in [-0.3, -0.25) is 4.57 Å². The molecule has 2 N–H and O–H groups in total. The van der Waals surface area contributed by atoms with E-state index < -0.39 is 0 Å². The lowest BCUT2D eigenvalue weighted by molar-refractivity contribution is 0.822. The Morgan fingerprint density at radius 3 is 2.95 bits per heavy atom. The molecular formula is C15H16N4. The van der Waals surface area contributed by atoms with E-state index in [1.807, 2.05) is 29.0 Å². The molecule has 0 fully saturated rings. The van der Waals surface area contributed by atoms with E-state index in [-0.39, 0.29) is 0 Å². The van der Waals surface area contributed by atoms with E-state index in [2.05, 4.69) is 24.0 Å². The molecule has 0 saturated carbocycles. The predicted octanol–water partition coefficient (Wildman–Crippen LogP) is 2.23. The van der Waals surface area contributed by atoms with E-state index in [1.165, 1.54) is 0 Å². The minimum Gasteiger partial charge on any atom is -0.330 e. The molecule has 0 aliphatic heterocycles. The van der Waals surface area contributed by atoms with Crippen molar-refractivity contribution in [3.05, 3.63) is 54.1 Å². The Morgan fingerprint density at radius 2 is 2.11 bits per heavy atom. The second kappa shape index (κ2) is 4.82. The van der Waals surface area contributed by atoms with Crippen LogP contribution < -0.4 is 5.73 Å². The van der Waals surface area contributed by atoms with Gasteiger partial charge in [-0.05, 0) is 31.2 Å². The number of pyridine rings is 1. The smallest absolute Gasteiger partial charge is 0.141 e. The number of benzene rings is 1. The van der Waals surface area contributed by atoms with Crippen LogP contribution in [0, 0.1) is 6.92 Å². The van der Waals surface area contributed by atoms with E-state index in [1.54, 1.807) is 6.20 Å². The number of hydrogen-bond acceptors (Lipinski definition) is 3. The zero-order chi connectivity index (χ0) is 13.2. The summed E-state index contributed by atoms with van der Waals surface area (Å²) in [6, 6.07) is 10.3. The van der Waals surface area contributed by atoms with Gasteiger partial charge in [0.2, 0.25) is 0 Å². The van der Waals surface area contributed by atoms with Crippen LogP contribution >= 0.6 is 0 Å². The second-order valence-corrected chi connectivity index (χ2v) is 4.57. The SMILES string of the molecule is Cc1cc2ccccc2nc1-n1ccnc1CCN. The van der Waals surface area contributed by atoms with Crippen molar-refractivity contribution >= 4 is 10.9 Å². The van der Waals surface area contributed by atoms with E-state index in [4.69, 9.17) is 10.7 Å². The first kappa shape index (κ1) is 11.9. The number of hydrogen-bond donors (Lipinski definition) is 1. The number of aromatic nitrogens is 3. The monoisotopic (exact) mass is 252 g/mol. The van der Waals surface area contributed by atoms with Gasteiger partial charge in [0.15, 0.2) is 0 Å². The molecule has 3 rings (SSSR count). The molecule has 2 aromatic heterocycles. The van der Waals surface area contributed by atoms with Crippen molar-refractivity contribution in [2.24, 2.45) is 5.73 Å².